The summed E-state index contributed by atoms with van der Waals surface area (Å²) in [6.07, 6.45) is 0. The first kappa shape index (κ1) is 19.4. The first-order valence-electron chi connectivity index (χ1n) is 8.21. The van der Waals surface area contributed by atoms with Gasteiger partial charge in [-0.3, -0.25) is 4.79 Å². The van der Waals surface area contributed by atoms with Crippen molar-refractivity contribution in [1.29, 1.82) is 0 Å². The highest BCUT2D eigenvalue weighted by atomic mass is 79.9. The number of hydrogen-bond acceptors (Lipinski definition) is 6. The molecule has 1 N–H and O–H groups in total. The van der Waals surface area contributed by atoms with E-state index in [0.717, 1.165) is 21.3 Å². The van der Waals surface area contributed by atoms with Crippen LogP contribution in [-0.4, -0.2) is 29.0 Å². The van der Waals surface area contributed by atoms with Gasteiger partial charge in [0, 0.05) is 10.0 Å². The minimum Gasteiger partial charge on any atom is -0.497 e. The van der Waals surface area contributed by atoms with Crippen LogP contribution in [0.3, 0.4) is 0 Å². The maximum atomic E-state index is 12.2. The number of nitrogens with zero attached hydrogens (tertiary/aromatic N) is 2. The van der Waals surface area contributed by atoms with Crippen LogP contribution in [-0.2, 0) is 4.79 Å². The molecule has 0 aliphatic rings. The van der Waals surface area contributed by atoms with E-state index in [1.807, 2.05) is 55.5 Å². The van der Waals surface area contributed by atoms with E-state index in [4.69, 9.17) is 9.15 Å². The summed E-state index contributed by atoms with van der Waals surface area (Å²) in [5.41, 5.74) is 1.82. The number of benzene rings is 2. The van der Waals surface area contributed by atoms with Crippen LogP contribution in [0.2, 0.25) is 0 Å². The lowest BCUT2D eigenvalue weighted by atomic mass is 10.1. The summed E-state index contributed by atoms with van der Waals surface area (Å²) in [6, 6.07) is 15.0. The Labute approximate surface area is 169 Å². The molecule has 0 radical (unpaired) electrons. The number of carbonyl (C=O) groups excluding carboxylic acids is 1. The van der Waals surface area contributed by atoms with Gasteiger partial charge in [0.1, 0.15) is 5.75 Å². The average Bonchev–Trinajstić information content (AvgIpc) is 3.16. The fourth-order valence-electron chi connectivity index (χ4n) is 2.43. The lowest BCUT2D eigenvalue weighted by Gasteiger charge is -2.15. The number of aromatic nitrogens is 2. The topological polar surface area (TPSA) is 77.2 Å². The maximum Gasteiger partial charge on any atom is 0.277 e. The van der Waals surface area contributed by atoms with Gasteiger partial charge in [0.25, 0.3) is 5.22 Å². The highest BCUT2D eigenvalue weighted by Gasteiger charge is 2.14. The van der Waals surface area contributed by atoms with E-state index in [9.17, 15) is 4.79 Å². The van der Waals surface area contributed by atoms with Crippen LogP contribution in [0.5, 0.6) is 5.75 Å². The van der Waals surface area contributed by atoms with Gasteiger partial charge in [-0.25, -0.2) is 0 Å². The first-order valence-corrected chi connectivity index (χ1v) is 9.99. The standard InChI is InChI=1S/C19H18BrN3O3S/c1-12(15-5-3-4-6-16(15)20)21-17(24)11-27-19-23-22-18(26-19)13-7-9-14(25-2)10-8-13/h3-10,12H,11H2,1-2H3,(H,21,24). The van der Waals surface area contributed by atoms with Crippen molar-refractivity contribution in [1.82, 2.24) is 15.5 Å². The molecule has 0 aliphatic heterocycles. The predicted octanol–water partition coefficient (Wildman–Crippen LogP) is 4.48. The highest BCUT2D eigenvalue weighted by Crippen LogP contribution is 2.26. The molecular formula is C19H18BrN3O3S. The molecule has 8 heteroatoms. The average molecular weight is 448 g/mol. The van der Waals surface area contributed by atoms with Gasteiger partial charge in [-0.05, 0) is 42.8 Å². The second-order valence-electron chi connectivity index (χ2n) is 5.70. The van der Waals surface area contributed by atoms with Gasteiger partial charge < -0.3 is 14.5 Å². The molecular weight excluding hydrogens is 430 g/mol. The number of ether oxygens (including phenoxy) is 1. The summed E-state index contributed by atoms with van der Waals surface area (Å²) in [5.74, 6) is 1.25. The smallest absolute Gasteiger partial charge is 0.277 e. The molecule has 1 aromatic heterocycles. The molecule has 0 spiro atoms. The molecule has 0 saturated carbocycles. The number of thioether (sulfide) groups is 1. The number of amides is 1. The second-order valence-corrected chi connectivity index (χ2v) is 7.48. The Morgan fingerprint density at radius 1 is 1.22 bits per heavy atom. The molecule has 0 saturated heterocycles. The number of rotatable bonds is 7. The molecule has 27 heavy (non-hydrogen) atoms. The highest BCUT2D eigenvalue weighted by molar-refractivity contribution is 9.10. The summed E-state index contributed by atoms with van der Waals surface area (Å²) in [6.45, 7) is 1.94. The van der Waals surface area contributed by atoms with Gasteiger partial charge in [0.05, 0.1) is 18.9 Å². The Morgan fingerprint density at radius 3 is 2.67 bits per heavy atom. The van der Waals surface area contributed by atoms with Crippen LogP contribution in [0.1, 0.15) is 18.5 Å². The summed E-state index contributed by atoms with van der Waals surface area (Å²) in [7, 11) is 1.61. The zero-order chi connectivity index (χ0) is 19.2. The molecule has 1 heterocycles. The summed E-state index contributed by atoms with van der Waals surface area (Å²) >= 11 is 4.70. The quantitative estimate of drug-likeness (QED) is 0.538. The number of halogens is 1. The van der Waals surface area contributed by atoms with Gasteiger partial charge in [-0.1, -0.05) is 45.9 Å². The minimum atomic E-state index is -0.105. The van der Waals surface area contributed by atoms with Crippen LogP contribution >= 0.6 is 27.7 Å². The molecule has 1 amide bonds. The number of hydrogen-bond donors (Lipinski definition) is 1. The zero-order valence-corrected chi connectivity index (χ0v) is 17.2. The van der Waals surface area contributed by atoms with Crippen molar-refractivity contribution in [3.05, 3.63) is 58.6 Å². The van der Waals surface area contributed by atoms with E-state index < -0.39 is 0 Å². The maximum absolute atomic E-state index is 12.2. The Bertz CT molecular complexity index is 915. The first-order chi connectivity index (χ1) is 13.1. The molecule has 1 unspecified atom stereocenters. The van der Waals surface area contributed by atoms with E-state index in [1.165, 1.54) is 11.8 Å². The fourth-order valence-corrected chi connectivity index (χ4v) is 3.64. The fraction of sp³-hybridized carbons (Fsp3) is 0.211. The third kappa shape index (κ3) is 5.11. The third-order valence-corrected chi connectivity index (χ3v) is 5.36. The van der Waals surface area contributed by atoms with Crippen molar-refractivity contribution in [2.45, 2.75) is 18.2 Å². The number of carbonyl (C=O) groups is 1. The van der Waals surface area contributed by atoms with Crippen LogP contribution in [0.15, 0.2) is 62.6 Å². The number of nitrogens with one attached hydrogen (secondary N) is 1. The SMILES string of the molecule is COc1ccc(-c2nnc(SCC(=O)NC(C)c3ccccc3Br)o2)cc1. The van der Waals surface area contributed by atoms with Gasteiger partial charge in [-0.2, -0.15) is 0 Å². The second kappa shape index (κ2) is 9.05. The van der Waals surface area contributed by atoms with Crippen molar-refractivity contribution in [2.24, 2.45) is 0 Å². The number of methoxy groups -OCH3 is 1. The lowest BCUT2D eigenvalue weighted by molar-refractivity contribution is -0.119. The Morgan fingerprint density at radius 2 is 1.96 bits per heavy atom. The largest absolute Gasteiger partial charge is 0.497 e. The van der Waals surface area contributed by atoms with Gasteiger partial charge in [0.15, 0.2) is 0 Å². The monoisotopic (exact) mass is 447 g/mol. The zero-order valence-electron chi connectivity index (χ0n) is 14.8. The van der Waals surface area contributed by atoms with E-state index >= 15 is 0 Å². The van der Waals surface area contributed by atoms with Crippen molar-refractivity contribution in [2.75, 3.05) is 12.9 Å². The molecule has 0 fully saturated rings. The van der Waals surface area contributed by atoms with Crippen LogP contribution < -0.4 is 10.1 Å². The van der Waals surface area contributed by atoms with Gasteiger partial charge in [-0.15, -0.1) is 10.2 Å². The van der Waals surface area contributed by atoms with Crippen LogP contribution in [0, 0.1) is 0 Å². The van der Waals surface area contributed by atoms with E-state index in [1.54, 1.807) is 7.11 Å². The van der Waals surface area contributed by atoms with E-state index in [-0.39, 0.29) is 17.7 Å². The molecule has 2 aromatic carbocycles. The van der Waals surface area contributed by atoms with Crippen LogP contribution in [0.4, 0.5) is 0 Å². The Balaban J connectivity index is 1.55. The molecule has 140 valence electrons. The van der Waals surface area contributed by atoms with E-state index in [2.05, 4.69) is 31.4 Å². The molecule has 1 atom stereocenters. The van der Waals surface area contributed by atoms with Crippen molar-refractivity contribution in [3.8, 4) is 17.2 Å². The molecule has 0 bridgehead atoms. The van der Waals surface area contributed by atoms with Gasteiger partial charge in [0.2, 0.25) is 11.8 Å². The van der Waals surface area contributed by atoms with Crippen molar-refractivity contribution in [3.63, 3.8) is 0 Å². The Hall–Kier alpha value is -2.32. The lowest BCUT2D eigenvalue weighted by Crippen LogP contribution is -2.28. The molecule has 0 aliphatic carbocycles. The molecule has 6 nitrogen and oxygen atoms in total. The summed E-state index contributed by atoms with van der Waals surface area (Å²) in [4.78, 5) is 12.2. The van der Waals surface area contributed by atoms with E-state index in [0.29, 0.717) is 11.1 Å². The summed E-state index contributed by atoms with van der Waals surface area (Å²) < 4.78 is 11.7. The molecule has 3 aromatic rings. The van der Waals surface area contributed by atoms with Crippen molar-refractivity contribution < 1.29 is 13.9 Å². The van der Waals surface area contributed by atoms with Crippen LogP contribution in [0.25, 0.3) is 11.5 Å². The summed E-state index contributed by atoms with van der Waals surface area (Å²) in [5, 5.41) is 11.3. The van der Waals surface area contributed by atoms with Gasteiger partial charge >= 0.3 is 0 Å². The minimum absolute atomic E-state index is 0.104. The van der Waals surface area contributed by atoms with Crippen molar-refractivity contribution >= 4 is 33.6 Å². The Kier molecular flexibility index (Phi) is 6.52. The normalized spacial score (nSPS) is 11.8. The molecule has 3 rings (SSSR count). The predicted molar refractivity (Wildman–Crippen MR) is 108 cm³/mol. The third-order valence-electron chi connectivity index (χ3n) is 3.82.